The van der Waals surface area contributed by atoms with E-state index >= 15 is 0 Å². The molecule has 32 heavy (non-hydrogen) atoms. The first-order chi connectivity index (χ1) is 15.4. The van der Waals surface area contributed by atoms with Gasteiger partial charge in [-0.25, -0.2) is 0 Å². The molecule has 0 aliphatic carbocycles. The number of amides is 2. The molecule has 2 aromatic rings. The summed E-state index contributed by atoms with van der Waals surface area (Å²) in [5, 5.41) is 3.42. The summed E-state index contributed by atoms with van der Waals surface area (Å²) in [6.45, 7) is 5.75. The maximum absolute atomic E-state index is 12.8. The smallest absolute Gasteiger partial charge is 0.251 e. The van der Waals surface area contributed by atoms with Crippen molar-refractivity contribution in [2.75, 3.05) is 32.7 Å². The molecule has 1 atom stereocenters. The van der Waals surface area contributed by atoms with Crippen molar-refractivity contribution in [3.63, 3.8) is 0 Å². The molecule has 2 aromatic carbocycles. The molecule has 0 aromatic heterocycles. The molecule has 2 amide bonds. The van der Waals surface area contributed by atoms with Crippen LogP contribution in [0.3, 0.4) is 0 Å². The Bertz CT molecular complexity index is 976. The number of halogens is 2. The lowest BCUT2D eigenvalue weighted by Gasteiger charge is -2.43. The fourth-order valence-electron chi connectivity index (χ4n) is 4.90. The molecule has 0 unspecified atom stereocenters. The summed E-state index contributed by atoms with van der Waals surface area (Å²) >= 11 is 11.9. The van der Waals surface area contributed by atoms with Gasteiger partial charge >= 0.3 is 0 Å². The van der Waals surface area contributed by atoms with Gasteiger partial charge in [0.05, 0.1) is 16.6 Å². The van der Waals surface area contributed by atoms with Gasteiger partial charge in [0, 0.05) is 24.2 Å². The zero-order chi connectivity index (χ0) is 22.7. The van der Waals surface area contributed by atoms with Gasteiger partial charge in [0.1, 0.15) is 0 Å². The summed E-state index contributed by atoms with van der Waals surface area (Å²) in [6, 6.07) is 15.4. The van der Waals surface area contributed by atoms with Crippen LogP contribution in [0.5, 0.6) is 0 Å². The minimum Gasteiger partial charge on any atom is -0.343 e. The van der Waals surface area contributed by atoms with E-state index in [1.54, 1.807) is 12.1 Å². The van der Waals surface area contributed by atoms with Crippen LogP contribution in [0.4, 0.5) is 0 Å². The molecule has 0 radical (unpaired) electrons. The van der Waals surface area contributed by atoms with Crippen LogP contribution < -0.4 is 5.32 Å². The first kappa shape index (κ1) is 23.1. The van der Waals surface area contributed by atoms with E-state index in [1.807, 2.05) is 4.90 Å². The minimum absolute atomic E-state index is 0.00890. The van der Waals surface area contributed by atoms with Crippen molar-refractivity contribution < 1.29 is 9.59 Å². The Balaban J connectivity index is 1.27. The molecular weight excluding hydrogens is 445 g/mol. The Labute approximate surface area is 199 Å². The van der Waals surface area contributed by atoms with E-state index in [2.05, 4.69) is 47.5 Å². The summed E-state index contributed by atoms with van der Waals surface area (Å²) in [6.07, 6.45) is 3.25. The normalized spacial score (nSPS) is 22.2. The predicted octanol–water partition coefficient (Wildman–Crippen LogP) is 4.59. The zero-order valence-corrected chi connectivity index (χ0v) is 19.8. The highest BCUT2D eigenvalue weighted by molar-refractivity contribution is 6.42. The third kappa shape index (κ3) is 5.11. The van der Waals surface area contributed by atoms with E-state index in [-0.39, 0.29) is 23.9 Å². The number of nitrogens with zero attached hydrogens (tertiary/aromatic N) is 2. The number of nitrogens with one attached hydrogen (secondary N) is 1. The Morgan fingerprint density at radius 2 is 1.75 bits per heavy atom. The van der Waals surface area contributed by atoms with Gasteiger partial charge in [-0.05, 0) is 69.0 Å². The number of rotatable bonds is 5. The maximum Gasteiger partial charge on any atom is 0.251 e. The number of hydrogen-bond donors (Lipinski definition) is 1. The van der Waals surface area contributed by atoms with Crippen LogP contribution in [0.2, 0.25) is 10.0 Å². The van der Waals surface area contributed by atoms with Gasteiger partial charge in [-0.2, -0.15) is 0 Å². The molecule has 2 aliphatic rings. The molecule has 2 fully saturated rings. The Morgan fingerprint density at radius 1 is 1.03 bits per heavy atom. The van der Waals surface area contributed by atoms with E-state index in [4.69, 9.17) is 23.2 Å². The molecule has 0 saturated carbocycles. The summed E-state index contributed by atoms with van der Waals surface area (Å²) in [5.41, 5.74) is 1.81. The number of carbonyl (C=O) groups is 2. The van der Waals surface area contributed by atoms with Gasteiger partial charge in [-0.3, -0.25) is 14.5 Å². The first-order valence-corrected chi connectivity index (χ1v) is 11.9. The summed E-state index contributed by atoms with van der Waals surface area (Å²) in [7, 11) is 0. The number of piperidine rings is 1. The SMILES string of the molecule is C[C@@]1(N2CCC(c3ccccc3)CC2)CCN(C(=O)CNC(=O)c2ccc(Cl)c(Cl)c2)C1. The second-order valence-corrected chi connectivity index (χ2v) is 9.86. The highest BCUT2D eigenvalue weighted by Gasteiger charge is 2.41. The molecule has 7 heteroatoms. The van der Waals surface area contributed by atoms with Crippen LogP contribution in [-0.2, 0) is 4.79 Å². The Morgan fingerprint density at radius 3 is 2.44 bits per heavy atom. The van der Waals surface area contributed by atoms with Gasteiger partial charge in [0.15, 0.2) is 0 Å². The van der Waals surface area contributed by atoms with Crippen molar-refractivity contribution in [2.24, 2.45) is 0 Å². The van der Waals surface area contributed by atoms with E-state index in [1.165, 1.54) is 11.6 Å². The van der Waals surface area contributed by atoms with E-state index in [0.29, 0.717) is 28.1 Å². The fourth-order valence-corrected chi connectivity index (χ4v) is 5.20. The van der Waals surface area contributed by atoms with Crippen LogP contribution in [0.15, 0.2) is 48.5 Å². The van der Waals surface area contributed by atoms with Gasteiger partial charge in [-0.1, -0.05) is 53.5 Å². The minimum atomic E-state index is -0.332. The lowest BCUT2D eigenvalue weighted by Crippen LogP contribution is -2.52. The van der Waals surface area contributed by atoms with Crippen molar-refractivity contribution >= 4 is 35.0 Å². The lowest BCUT2D eigenvalue weighted by atomic mass is 9.86. The van der Waals surface area contributed by atoms with Crippen molar-refractivity contribution in [3.05, 3.63) is 69.7 Å². The summed E-state index contributed by atoms with van der Waals surface area (Å²) < 4.78 is 0. The average Bonchev–Trinajstić information content (AvgIpc) is 3.23. The molecule has 0 bridgehead atoms. The Hall–Kier alpha value is -2.08. The van der Waals surface area contributed by atoms with Crippen LogP contribution in [0.25, 0.3) is 0 Å². The fraction of sp³-hybridized carbons (Fsp3) is 0.440. The monoisotopic (exact) mass is 473 g/mol. The molecule has 5 nitrogen and oxygen atoms in total. The molecular formula is C25H29Cl2N3O2. The molecule has 0 spiro atoms. The standard InChI is InChI=1S/C25H29Cl2N3O2/c1-25(30-12-9-19(10-13-30)18-5-3-2-4-6-18)11-14-29(17-25)23(31)16-28-24(32)20-7-8-21(26)22(27)15-20/h2-8,15,19H,9-14,16-17H2,1H3,(H,28,32)/t25-/m1/s1. The number of carbonyl (C=O) groups excluding carboxylic acids is 2. The van der Waals surface area contributed by atoms with Crippen molar-refractivity contribution in [1.29, 1.82) is 0 Å². The third-order valence-electron chi connectivity index (χ3n) is 6.92. The van der Waals surface area contributed by atoms with Crippen LogP contribution >= 0.6 is 23.2 Å². The van der Waals surface area contributed by atoms with Crippen molar-refractivity contribution in [1.82, 2.24) is 15.1 Å². The largest absolute Gasteiger partial charge is 0.343 e. The number of benzene rings is 2. The van der Waals surface area contributed by atoms with Gasteiger partial charge in [0.25, 0.3) is 5.91 Å². The van der Waals surface area contributed by atoms with Gasteiger partial charge < -0.3 is 10.2 Å². The first-order valence-electron chi connectivity index (χ1n) is 11.2. The average molecular weight is 474 g/mol. The Kier molecular flexibility index (Phi) is 7.08. The maximum atomic E-state index is 12.8. The molecule has 4 rings (SSSR count). The van der Waals surface area contributed by atoms with Crippen LogP contribution in [0, 0.1) is 0 Å². The van der Waals surface area contributed by atoms with Gasteiger partial charge in [0.2, 0.25) is 5.91 Å². The van der Waals surface area contributed by atoms with Gasteiger partial charge in [-0.15, -0.1) is 0 Å². The predicted molar refractivity (Wildman–Crippen MR) is 128 cm³/mol. The topological polar surface area (TPSA) is 52.6 Å². The van der Waals surface area contributed by atoms with E-state index in [0.717, 1.165) is 38.9 Å². The number of likely N-dealkylation sites (tertiary alicyclic amines) is 2. The molecule has 1 N–H and O–H groups in total. The molecule has 2 aliphatic heterocycles. The molecule has 170 valence electrons. The second-order valence-electron chi connectivity index (χ2n) is 9.05. The third-order valence-corrected chi connectivity index (χ3v) is 7.65. The summed E-state index contributed by atoms with van der Waals surface area (Å²) in [5.74, 6) is 0.231. The van der Waals surface area contributed by atoms with E-state index < -0.39 is 0 Å². The number of hydrogen-bond acceptors (Lipinski definition) is 3. The highest BCUT2D eigenvalue weighted by atomic mass is 35.5. The lowest BCUT2D eigenvalue weighted by molar-refractivity contribution is -0.129. The van der Waals surface area contributed by atoms with Crippen LogP contribution in [-0.4, -0.2) is 59.9 Å². The van der Waals surface area contributed by atoms with Crippen molar-refractivity contribution in [3.8, 4) is 0 Å². The highest BCUT2D eigenvalue weighted by Crippen LogP contribution is 2.35. The summed E-state index contributed by atoms with van der Waals surface area (Å²) in [4.78, 5) is 29.5. The van der Waals surface area contributed by atoms with Crippen molar-refractivity contribution in [2.45, 2.75) is 37.6 Å². The van der Waals surface area contributed by atoms with E-state index in [9.17, 15) is 9.59 Å². The molecule has 2 heterocycles. The molecule has 2 saturated heterocycles. The van der Waals surface area contributed by atoms with Crippen LogP contribution in [0.1, 0.15) is 48.0 Å². The second kappa shape index (κ2) is 9.82. The zero-order valence-electron chi connectivity index (χ0n) is 18.3. The quantitative estimate of drug-likeness (QED) is 0.690.